The van der Waals surface area contributed by atoms with Crippen molar-refractivity contribution in [1.82, 2.24) is 0 Å². The van der Waals surface area contributed by atoms with E-state index in [-0.39, 0.29) is 0 Å². The molecule has 0 N–H and O–H groups in total. The van der Waals surface area contributed by atoms with Crippen molar-refractivity contribution < 1.29 is 0 Å². The van der Waals surface area contributed by atoms with Crippen LogP contribution in [0.5, 0.6) is 0 Å². The van der Waals surface area contributed by atoms with Crippen molar-refractivity contribution in [2.24, 2.45) is 0 Å². The number of hydrogen-bond acceptors (Lipinski definition) is 2. The van der Waals surface area contributed by atoms with E-state index in [0.29, 0.717) is 0 Å². The van der Waals surface area contributed by atoms with Gasteiger partial charge in [-0.3, -0.25) is 0 Å². The Morgan fingerprint density at radius 3 is 1.40 bits per heavy atom. The second kappa shape index (κ2) is 14.4. The first-order valence-electron chi connectivity index (χ1n) is 19.8. The van der Waals surface area contributed by atoms with Gasteiger partial charge in [-0.05, 0) is 115 Å². The Bertz CT molecular complexity index is 3250. The Kier molecular flexibility index (Phi) is 8.42. The molecule has 2 heteroatoms. The van der Waals surface area contributed by atoms with E-state index in [2.05, 4.69) is 229 Å². The number of hydrogen-bond donors (Lipinski definition) is 0. The van der Waals surface area contributed by atoms with Crippen LogP contribution in [0.1, 0.15) is 0 Å². The number of nitrogens with zero attached hydrogens (tertiary/aromatic N) is 1. The number of benzene rings is 10. The van der Waals surface area contributed by atoms with E-state index in [1.807, 2.05) is 11.3 Å². The zero-order valence-electron chi connectivity index (χ0n) is 31.7. The van der Waals surface area contributed by atoms with Crippen molar-refractivity contribution in [1.29, 1.82) is 0 Å². The highest BCUT2D eigenvalue weighted by molar-refractivity contribution is 7.26. The lowest BCUT2D eigenvalue weighted by Crippen LogP contribution is -2.09. The summed E-state index contributed by atoms with van der Waals surface area (Å²) in [6.45, 7) is 0. The molecule has 11 rings (SSSR count). The molecule has 0 radical (unpaired) electrons. The van der Waals surface area contributed by atoms with E-state index in [9.17, 15) is 0 Å². The SMILES string of the molecule is c1ccc(-c2ccc(N(c3ccc(-c4ccc5ccccc5c4)cc3)c3ccc(-c4ccc5c(sc6ccccc65)c4-c4ccc5ccccc5c4)cc3)cc2)cc1. The van der Waals surface area contributed by atoms with Crippen LogP contribution in [0.3, 0.4) is 0 Å². The van der Waals surface area contributed by atoms with E-state index in [1.165, 1.54) is 86.2 Å². The van der Waals surface area contributed by atoms with Gasteiger partial charge in [0.05, 0.1) is 0 Å². The van der Waals surface area contributed by atoms with Crippen molar-refractivity contribution >= 4 is 70.1 Å². The Balaban J connectivity index is 1.02. The molecule has 11 aromatic rings. The average Bonchev–Trinajstić information content (AvgIpc) is 3.68. The second-order valence-electron chi connectivity index (χ2n) is 14.9. The highest BCUT2D eigenvalue weighted by atomic mass is 32.1. The van der Waals surface area contributed by atoms with Gasteiger partial charge in [0, 0.05) is 42.8 Å². The van der Waals surface area contributed by atoms with Crippen LogP contribution < -0.4 is 4.90 Å². The van der Waals surface area contributed by atoms with Crippen molar-refractivity contribution in [3.05, 3.63) is 224 Å². The van der Waals surface area contributed by atoms with E-state index in [0.717, 1.165) is 17.1 Å². The zero-order valence-corrected chi connectivity index (χ0v) is 32.5. The molecule has 10 aromatic carbocycles. The minimum atomic E-state index is 1.10. The van der Waals surface area contributed by atoms with Gasteiger partial charge in [0.25, 0.3) is 0 Å². The van der Waals surface area contributed by atoms with Gasteiger partial charge in [0.1, 0.15) is 0 Å². The highest BCUT2D eigenvalue weighted by Gasteiger charge is 2.18. The maximum atomic E-state index is 2.36. The first-order chi connectivity index (χ1) is 28.7. The summed E-state index contributed by atoms with van der Waals surface area (Å²) in [6, 6.07) is 81.9. The Labute approximate surface area is 342 Å². The van der Waals surface area contributed by atoms with E-state index in [1.54, 1.807) is 0 Å². The minimum Gasteiger partial charge on any atom is -0.311 e. The normalized spacial score (nSPS) is 11.4. The predicted molar refractivity (Wildman–Crippen MR) is 251 cm³/mol. The lowest BCUT2D eigenvalue weighted by molar-refractivity contribution is 1.28. The molecule has 272 valence electrons. The van der Waals surface area contributed by atoms with Crippen LogP contribution >= 0.6 is 11.3 Å². The molecule has 0 unspecified atom stereocenters. The Morgan fingerprint density at radius 1 is 0.293 bits per heavy atom. The molecule has 0 saturated carbocycles. The summed E-state index contributed by atoms with van der Waals surface area (Å²) in [6.07, 6.45) is 0. The number of thiophene rings is 1. The van der Waals surface area contributed by atoms with Crippen LogP contribution in [0.4, 0.5) is 17.1 Å². The maximum Gasteiger partial charge on any atom is 0.0462 e. The zero-order chi connectivity index (χ0) is 38.4. The average molecular weight is 756 g/mol. The van der Waals surface area contributed by atoms with Crippen LogP contribution in [-0.4, -0.2) is 0 Å². The van der Waals surface area contributed by atoms with Gasteiger partial charge in [0.15, 0.2) is 0 Å². The first kappa shape index (κ1) is 34.0. The van der Waals surface area contributed by atoms with Gasteiger partial charge >= 0.3 is 0 Å². The summed E-state index contributed by atoms with van der Waals surface area (Å²) in [5.74, 6) is 0. The standard InChI is InChI=1S/C56H37NS/c1-2-10-38(11-3-1)41-22-28-48(29-23-41)57(49-30-24-42(25-31-49)46-20-18-39-12-4-6-14-44(39)36-46)50-32-26-43(27-33-50)51-34-35-53-52-16-8-9-17-54(52)58-56(53)55(51)47-21-19-40-13-5-7-15-45(40)37-47/h1-37H. The third kappa shape index (κ3) is 6.12. The molecule has 1 heterocycles. The molecular weight excluding hydrogens is 719 g/mol. The van der Waals surface area contributed by atoms with Crippen LogP contribution in [0.15, 0.2) is 224 Å². The second-order valence-corrected chi connectivity index (χ2v) is 16.0. The lowest BCUT2D eigenvalue weighted by atomic mass is 9.91. The Hall–Kier alpha value is -7.26. The summed E-state index contributed by atoms with van der Waals surface area (Å²) < 4.78 is 2.64. The smallest absolute Gasteiger partial charge is 0.0462 e. The van der Waals surface area contributed by atoms with Gasteiger partial charge in [-0.2, -0.15) is 0 Å². The van der Waals surface area contributed by atoms with Crippen molar-refractivity contribution in [3.8, 4) is 44.5 Å². The van der Waals surface area contributed by atoms with Crippen LogP contribution in [0.25, 0.3) is 86.2 Å². The summed E-state index contributed by atoms with van der Waals surface area (Å²) in [5, 5.41) is 7.63. The maximum absolute atomic E-state index is 2.36. The van der Waals surface area contributed by atoms with Crippen LogP contribution in [0.2, 0.25) is 0 Å². The number of anilines is 3. The largest absolute Gasteiger partial charge is 0.311 e. The summed E-state index contributed by atoms with van der Waals surface area (Å²) in [5.41, 5.74) is 13.1. The van der Waals surface area contributed by atoms with Gasteiger partial charge in [-0.25, -0.2) is 0 Å². The van der Waals surface area contributed by atoms with Crippen molar-refractivity contribution in [3.63, 3.8) is 0 Å². The van der Waals surface area contributed by atoms with Crippen molar-refractivity contribution in [2.75, 3.05) is 4.90 Å². The molecule has 0 bridgehead atoms. The Morgan fingerprint density at radius 2 is 0.759 bits per heavy atom. The fraction of sp³-hybridized carbons (Fsp3) is 0. The molecule has 0 aliphatic carbocycles. The molecular formula is C56H37NS. The third-order valence-corrected chi connectivity index (χ3v) is 12.7. The molecule has 1 nitrogen and oxygen atoms in total. The van der Waals surface area contributed by atoms with Gasteiger partial charge in [-0.1, -0.05) is 170 Å². The molecule has 58 heavy (non-hydrogen) atoms. The fourth-order valence-electron chi connectivity index (χ4n) is 8.50. The summed E-state index contributed by atoms with van der Waals surface area (Å²) >= 11 is 1.89. The fourth-order valence-corrected chi connectivity index (χ4v) is 9.78. The number of fused-ring (bicyclic) bond motifs is 5. The summed E-state index contributed by atoms with van der Waals surface area (Å²) in [7, 11) is 0. The molecule has 0 aliphatic rings. The van der Waals surface area contributed by atoms with Crippen LogP contribution in [-0.2, 0) is 0 Å². The topological polar surface area (TPSA) is 3.24 Å². The van der Waals surface area contributed by atoms with E-state index >= 15 is 0 Å². The summed E-state index contributed by atoms with van der Waals surface area (Å²) in [4.78, 5) is 2.36. The molecule has 0 fully saturated rings. The molecule has 0 aliphatic heterocycles. The first-order valence-corrected chi connectivity index (χ1v) is 20.6. The third-order valence-electron chi connectivity index (χ3n) is 11.5. The number of rotatable bonds is 7. The van der Waals surface area contributed by atoms with E-state index in [4.69, 9.17) is 0 Å². The van der Waals surface area contributed by atoms with Crippen LogP contribution in [0, 0.1) is 0 Å². The molecule has 1 aromatic heterocycles. The molecule has 0 atom stereocenters. The predicted octanol–water partition coefficient (Wildman–Crippen LogP) is 16.5. The lowest BCUT2D eigenvalue weighted by Gasteiger charge is -2.26. The highest BCUT2D eigenvalue weighted by Crippen LogP contribution is 2.46. The van der Waals surface area contributed by atoms with Gasteiger partial charge in [0.2, 0.25) is 0 Å². The minimum absolute atomic E-state index is 1.10. The monoisotopic (exact) mass is 755 g/mol. The molecule has 0 saturated heterocycles. The van der Waals surface area contributed by atoms with Crippen molar-refractivity contribution in [2.45, 2.75) is 0 Å². The van der Waals surface area contributed by atoms with Gasteiger partial charge < -0.3 is 4.90 Å². The quantitative estimate of drug-likeness (QED) is 0.157. The van der Waals surface area contributed by atoms with E-state index < -0.39 is 0 Å². The van der Waals surface area contributed by atoms with Gasteiger partial charge in [-0.15, -0.1) is 11.3 Å². The molecule has 0 spiro atoms. The molecule has 0 amide bonds.